The number of aromatic nitrogens is 2. The van der Waals surface area contributed by atoms with Gasteiger partial charge >= 0.3 is 0 Å². The van der Waals surface area contributed by atoms with Gasteiger partial charge in [0.25, 0.3) is 0 Å². The fraction of sp³-hybridized carbons (Fsp3) is 0.111. The molecular weight excluding hydrogens is 286 g/mol. The molecule has 23 heavy (non-hydrogen) atoms. The number of aryl methyl sites for hydroxylation is 2. The van der Waals surface area contributed by atoms with E-state index in [1.807, 2.05) is 37.3 Å². The molecule has 0 amide bonds. The summed E-state index contributed by atoms with van der Waals surface area (Å²) in [6.07, 6.45) is 1.50. The number of nitrogens with zero attached hydrogens (tertiary/aromatic N) is 2. The third-order valence-corrected chi connectivity index (χ3v) is 3.57. The minimum absolute atomic E-state index is 0.484. The van der Waals surface area contributed by atoms with E-state index in [4.69, 9.17) is 5.73 Å². The molecule has 1 aromatic heterocycles. The number of nitrogen functional groups attached to an aromatic ring is 1. The maximum atomic E-state index is 6.22. The SMILES string of the molecule is Cc1ccc(C)c(Nc2ncnc(Nc3ccccc3)c2N)c1. The standard InChI is InChI=1S/C18H19N5/c1-12-8-9-13(2)15(10-12)23-18-16(19)17(20-11-21-18)22-14-6-4-3-5-7-14/h3-11H,19H2,1-2H3,(H2,20,21,22,23). The van der Waals surface area contributed by atoms with Crippen LogP contribution in [0.15, 0.2) is 54.9 Å². The molecule has 2 aromatic carbocycles. The Morgan fingerprint density at radius 3 is 2.30 bits per heavy atom. The summed E-state index contributed by atoms with van der Waals surface area (Å²) in [6.45, 7) is 4.10. The van der Waals surface area contributed by atoms with Crippen molar-refractivity contribution in [3.05, 3.63) is 66.0 Å². The van der Waals surface area contributed by atoms with Crippen molar-refractivity contribution in [1.29, 1.82) is 0 Å². The van der Waals surface area contributed by atoms with Crippen molar-refractivity contribution in [2.24, 2.45) is 0 Å². The maximum Gasteiger partial charge on any atom is 0.159 e. The maximum absolute atomic E-state index is 6.22. The highest BCUT2D eigenvalue weighted by molar-refractivity contribution is 5.80. The van der Waals surface area contributed by atoms with Crippen LogP contribution in [0.3, 0.4) is 0 Å². The van der Waals surface area contributed by atoms with Gasteiger partial charge < -0.3 is 16.4 Å². The van der Waals surface area contributed by atoms with Crippen LogP contribution in [-0.4, -0.2) is 9.97 Å². The molecule has 3 rings (SSSR count). The fourth-order valence-corrected chi connectivity index (χ4v) is 2.25. The highest BCUT2D eigenvalue weighted by Crippen LogP contribution is 2.29. The zero-order valence-electron chi connectivity index (χ0n) is 13.2. The van der Waals surface area contributed by atoms with Gasteiger partial charge in [-0.05, 0) is 43.2 Å². The molecule has 0 fully saturated rings. The first-order valence-corrected chi connectivity index (χ1v) is 7.40. The summed E-state index contributed by atoms with van der Waals surface area (Å²) in [4.78, 5) is 8.49. The van der Waals surface area contributed by atoms with Crippen LogP contribution in [-0.2, 0) is 0 Å². The van der Waals surface area contributed by atoms with Gasteiger partial charge in [0.1, 0.15) is 12.0 Å². The number of rotatable bonds is 4. The molecule has 5 heteroatoms. The first-order chi connectivity index (χ1) is 11.1. The van der Waals surface area contributed by atoms with Crippen molar-refractivity contribution < 1.29 is 0 Å². The average Bonchev–Trinajstić information content (AvgIpc) is 2.55. The normalized spacial score (nSPS) is 10.3. The van der Waals surface area contributed by atoms with Gasteiger partial charge in [-0.3, -0.25) is 0 Å². The molecule has 1 heterocycles. The molecule has 116 valence electrons. The van der Waals surface area contributed by atoms with E-state index in [1.165, 1.54) is 11.9 Å². The van der Waals surface area contributed by atoms with E-state index in [-0.39, 0.29) is 0 Å². The third-order valence-electron chi connectivity index (χ3n) is 3.57. The molecule has 5 nitrogen and oxygen atoms in total. The summed E-state index contributed by atoms with van der Waals surface area (Å²) in [5.74, 6) is 1.17. The number of benzene rings is 2. The lowest BCUT2D eigenvalue weighted by molar-refractivity contribution is 1.17. The molecule has 4 N–H and O–H groups in total. The Labute approximate surface area is 135 Å². The predicted octanol–water partition coefficient (Wildman–Crippen LogP) is 4.16. The highest BCUT2D eigenvalue weighted by atomic mass is 15.1. The monoisotopic (exact) mass is 305 g/mol. The smallest absolute Gasteiger partial charge is 0.159 e. The first kappa shape index (κ1) is 14.8. The number of hydrogen-bond donors (Lipinski definition) is 3. The van der Waals surface area contributed by atoms with E-state index < -0.39 is 0 Å². The number of nitrogens with two attached hydrogens (primary N) is 1. The van der Waals surface area contributed by atoms with Crippen LogP contribution in [0, 0.1) is 13.8 Å². The Morgan fingerprint density at radius 2 is 1.57 bits per heavy atom. The molecule has 0 spiro atoms. The average molecular weight is 305 g/mol. The van der Waals surface area contributed by atoms with E-state index in [1.54, 1.807) is 0 Å². The van der Waals surface area contributed by atoms with E-state index in [0.717, 1.165) is 16.9 Å². The molecule has 0 unspecified atom stereocenters. The summed E-state index contributed by atoms with van der Waals surface area (Å²) in [5.41, 5.74) is 10.9. The lowest BCUT2D eigenvalue weighted by Crippen LogP contribution is -2.05. The second-order valence-corrected chi connectivity index (χ2v) is 5.42. The van der Waals surface area contributed by atoms with Crippen molar-refractivity contribution in [1.82, 2.24) is 9.97 Å². The van der Waals surface area contributed by atoms with Gasteiger partial charge in [-0.1, -0.05) is 30.3 Å². The molecule has 0 bridgehead atoms. The van der Waals surface area contributed by atoms with Gasteiger partial charge in [-0.2, -0.15) is 0 Å². The largest absolute Gasteiger partial charge is 0.393 e. The van der Waals surface area contributed by atoms with Crippen LogP contribution in [0.1, 0.15) is 11.1 Å². The van der Waals surface area contributed by atoms with Crippen LogP contribution >= 0.6 is 0 Å². The fourth-order valence-electron chi connectivity index (χ4n) is 2.25. The van der Waals surface area contributed by atoms with Crippen molar-refractivity contribution in [2.75, 3.05) is 16.4 Å². The lowest BCUT2D eigenvalue weighted by Gasteiger charge is -2.14. The summed E-state index contributed by atoms with van der Waals surface area (Å²) < 4.78 is 0. The molecule has 0 saturated heterocycles. The van der Waals surface area contributed by atoms with E-state index in [9.17, 15) is 0 Å². The molecule has 0 saturated carbocycles. The van der Waals surface area contributed by atoms with Crippen LogP contribution in [0.25, 0.3) is 0 Å². The molecule has 0 aliphatic carbocycles. The Bertz CT molecular complexity index is 815. The van der Waals surface area contributed by atoms with E-state index in [2.05, 4.69) is 45.7 Å². The third kappa shape index (κ3) is 3.40. The Balaban J connectivity index is 1.89. The topological polar surface area (TPSA) is 75.9 Å². The highest BCUT2D eigenvalue weighted by Gasteiger charge is 2.09. The summed E-state index contributed by atoms with van der Waals surface area (Å²) in [5, 5.41) is 6.50. The lowest BCUT2D eigenvalue weighted by atomic mass is 10.1. The van der Waals surface area contributed by atoms with Crippen molar-refractivity contribution >= 4 is 28.7 Å². The second-order valence-electron chi connectivity index (χ2n) is 5.42. The Hall–Kier alpha value is -3.08. The number of hydrogen-bond acceptors (Lipinski definition) is 5. The van der Waals surface area contributed by atoms with Gasteiger partial charge in [0.05, 0.1) is 0 Å². The van der Waals surface area contributed by atoms with E-state index in [0.29, 0.717) is 17.3 Å². The Morgan fingerprint density at radius 1 is 0.870 bits per heavy atom. The Kier molecular flexibility index (Phi) is 4.10. The first-order valence-electron chi connectivity index (χ1n) is 7.40. The van der Waals surface area contributed by atoms with Gasteiger partial charge in [0.2, 0.25) is 0 Å². The van der Waals surface area contributed by atoms with Gasteiger partial charge in [0.15, 0.2) is 11.6 Å². The van der Waals surface area contributed by atoms with Crippen LogP contribution < -0.4 is 16.4 Å². The minimum atomic E-state index is 0.484. The quantitative estimate of drug-likeness (QED) is 0.674. The summed E-state index contributed by atoms with van der Waals surface area (Å²) in [7, 11) is 0. The van der Waals surface area contributed by atoms with Crippen LogP contribution in [0.2, 0.25) is 0 Å². The summed E-state index contributed by atoms with van der Waals surface area (Å²) >= 11 is 0. The zero-order chi connectivity index (χ0) is 16.2. The molecule has 0 atom stereocenters. The number of para-hydroxylation sites is 1. The second kappa shape index (κ2) is 6.36. The van der Waals surface area contributed by atoms with Crippen LogP contribution in [0.5, 0.6) is 0 Å². The van der Waals surface area contributed by atoms with Crippen molar-refractivity contribution in [3.63, 3.8) is 0 Å². The molecule has 0 radical (unpaired) electrons. The number of nitrogens with one attached hydrogen (secondary N) is 2. The van der Waals surface area contributed by atoms with Crippen molar-refractivity contribution in [3.8, 4) is 0 Å². The van der Waals surface area contributed by atoms with E-state index >= 15 is 0 Å². The predicted molar refractivity (Wildman–Crippen MR) is 95.4 cm³/mol. The molecule has 0 aliphatic heterocycles. The minimum Gasteiger partial charge on any atom is -0.393 e. The van der Waals surface area contributed by atoms with Gasteiger partial charge in [-0.15, -0.1) is 0 Å². The van der Waals surface area contributed by atoms with Gasteiger partial charge in [-0.25, -0.2) is 9.97 Å². The number of anilines is 5. The zero-order valence-corrected chi connectivity index (χ0v) is 13.2. The summed E-state index contributed by atoms with van der Waals surface area (Å²) in [6, 6.07) is 16.0. The van der Waals surface area contributed by atoms with Crippen LogP contribution in [0.4, 0.5) is 28.7 Å². The molecular formula is C18H19N5. The molecule has 3 aromatic rings. The van der Waals surface area contributed by atoms with Gasteiger partial charge in [0, 0.05) is 11.4 Å². The van der Waals surface area contributed by atoms with Crippen molar-refractivity contribution in [2.45, 2.75) is 13.8 Å². The molecule has 0 aliphatic rings.